The first-order valence-electron chi connectivity index (χ1n) is 14.5. The molecular weight excluding hydrogens is 438 g/mol. The number of fused-ring (bicyclic) bond motifs is 1. The molecule has 0 radical (unpaired) electrons. The predicted molar refractivity (Wildman–Crippen MR) is 152 cm³/mol. The van der Waals surface area contributed by atoms with E-state index < -0.39 is 8.07 Å². The van der Waals surface area contributed by atoms with Gasteiger partial charge < -0.3 is 0 Å². The molecule has 0 amide bonds. The molecule has 0 atom stereocenters. The van der Waals surface area contributed by atoms with Crippen molar-refractivity contribution in [1.29, 1.82) is 0 Å². The molecule has 0 N–H and O–H groups in total. The molecule has 3 fully saturated rings. The van der Waals surface area contributed by atoms with Crippen LogP contribution in [0, 0.1) is 6.92 Å². The van der Waals surface area contributed by atoms with Crippen LogP contribution in [0.4, 0.5) is 0 Å². The van der Waals surface area contributed by atoms with Gasteiger partial charge in [0.25, 0.3) is 0 Å². The average molecular weight is 483 g/mol. The van der Waals surface area contributed by atoms with E-state index in [1.54, 1.807) is 16.3 Å². The fraction of sp³-hybridized carbons (Fsp3) is 0.545. The Bertz CT molecular complexity index is 1240. The summed E-state index contributed by atoms with van der Waals surface area (Å²) in [7, 11) is 0.862. The highest BCUT2D eigenvalue weighted by Crippen LogP contribution is 2.44. The van der Waals surface area contributed by atoms with E-state index in [1.807, 2.05) is 0 Å². The SMILES string of the molecule is Cc1c(-c2c3ccc([Si](C)(C)C4CCC4)cc3cc[n+]2C)cc(C2CCCC2)cc1C1CCCC1. The monoisotopic (exact) mass is 482 g/mol. The maximum Gasteiger partial charge on any atom is 0.220 e. The number of rotatable bonds is 5. The quantitative estimate of drug-likeness (QED) is 0.254. The lowest BCUT2D eigenvalue weighted by molar-refractivity contribution is -0.659. The van der Waals surface area contributed by atoms with Gasteiger partial charge in [0.05, 0.1) is 19.0 Å². The van der Waals surface area contributed by atoms with Crippen LogP contribution in [0.25, 0.3) is 22.0 Å². The molecule has 0 aliphatic heterocycles. The van der Waals surface area contributed by atoms with Crippen LogP contribution in [0.2, 0.25) is 18.6 Å². The average Bonchev–Trinajstić information content (AvgIpc) is 3.52. The van der Waals surface area contributed by atoms with Crippen molar-refractivity contribution in [3.63, 3.8) is 0 Å². The first kappa shape index (κ1) is 23.5. The summed E-state index contributed by atoms with van der Waals surface area (Å²) in [5, 5.41) is 4.52. The molecule has 2 heteroatoms. The summed E-state index contributed by atoms with van der Waals surface area (Å²) in [6.45, 7) is 7.62. The van der Waals surface area contributed by atoms with E-state index in [0.717, 1.165) is 17.4 Å². The molecule has 1 nitrogen and oxygen atoms in total. The largest absolute Gasteiger partial charge is 0.220 e. The summed E-state index contributed by atoms with van der Waals surface area (Å²) in [5.41, 5.74) is 8.71. The van der Waals surface area contributed by atoms with E-state index in [0.29, 0.717) is 0 Å². The van der Waals surface area contributed by atoms with E-state index in [4.69, 9.17) is 0 Å². The summed E-state index contributed by atoms with van der Waals surface area (Å²) < 4.78 is 2.40. The molecule has 184 valence electrons. The minimum Gasteiger partial charge on any atom is -0.200 e. The summed E-state index contributed by atoms with van der Waals surface area (Å²) in [6.07, 6.45) is 17.8. The van der Waals surface area contributed by atoms with E-state index in [9.17, 15) is 0 Å². The lowest BCUT2D eigenvalue weighted by Gasteiger charge is -2.39. The molecule has 0 saturated heterocycles. The number of aryl methyl sites for hydroxylation is 1. The first-order valence-corrected chi connectivity index (χ1v) is 17.6. The topological polar surface area (TPSA) is 3.88 Å². The van der Waals surface area contributed by atoms with E-state index in [2.05, 4.69) is 74.2 Å². The highest BCUT2D eigenvalue weighted by Gasteiger charge is 2.37. The van der Waals surface area contributed by atoms with Crippen molar-refractivity contribution >= 4 is 24.0 Å². The van der Waals surface area contributed by atoms with E-state index >= 15 is 0 Å². The highest BCUT2D eigenvalue weighted by molar-refractivity contribution is 6.91. The molecule has 3 saturated carbocycles. The summed E-state index contributed by atoms with van der Waals surface area (Å²) >= 11 is 0. The third-order valence-electron chi connectivity index (χ3n) is 10.4. The predicted octanol–water partition coefficient (Wildman–Crippen LogP) is 8.42. The van der Waals surface area contributed by atoms with Crippen LogP contribution in [-0.2, 0) is 7.05 Å². The smallest absolute Gasteiger partial charge is 0.200 e. The fourth-order valence-electron chi connectivity index (χ4n) is 7.64. The second-order valence-corrected chi connectivity index (χ2v) is 17.5. The molecule has 3 aliphatic rings. The Labute approximate surface area is 214 Å². The van der Waals surface area contributed by atoms with Gasteiger partial charge in [-0.2, -0.15) is 0 Å². The van der Waals surface area contributed by atoms with Crippen LogP contribution in [0.1, 0.15) is 99.2 Å². The Balaban J connectivity index is 1.51. The van der Waals surface area contributed by atoms with Gasteiger partial charge in [0, 0.05) is 6.07 Å². The van der Waals surface area contributed by atoms with Gasteiger partial charge in [-0.05, 0) is 84.2 Å². The van der Waals surface area contributed by atoms with Gasteiger partial charge in [-0.1, -0.05) is 81.4 Å². The molecule has 1 heterocycles. The van der Waals surface area contributed by atoms with Gasteiger partial charge >= 0.3 is 0 Å². The Morgan fingerprint density at radius 3 is 2.11 bits per heavy atom. The Morgan fingerprint density at radius 2 is 1.46 bits per heavy atom. The van der Waals surface area contributed by atoms with Gasteiger partial charge in [0.15, 0.2) is 6.20 Å². The number of aromatic nitrogens is 1. The van der Waals surface area contributed by atoms with E-state index in [1.165, 1.54) is 98.2 Å². The molecule has 35 heavy (non-hydrogen) atoms. The lowest BCUT2D eigenvalue weighted by Crippen LogP contribution is -2.48. The second-order valence-electron chi connectivity index (χ2n) is 12.7. The fourth-order valence-corrected chi connectivity index (χ4v) is 11.0. The van der Waals surface area contributed by atoms with Crippen molar-refractivity contribution in [3.05, 3.63) is 59.3 Å². The van der Waals surface area contributed by atoms with Crippen molar-refractivity contribution in [2.45, 2.75) is 108 Å². The molecule has 6 rings (SSSR count). The standard InChI is InChI=1S/C33H44NSi/c1-23-31(25-12-7-8-13-25)21-27(24-10-5-6-11-24)22-32(23)33-30-17-16-29(20-26(30)18-19-34(33)2)35(3,4)28-14-9-15-28/h16-22,24-25,28H,5-15H2,1-4H3/q+1. The van der Waals surface area contributed by atoms with Crippen LogP contribution in [0.15, 0.2) is 42.6 Å². The Hall–Kier alpha value is -1.93. The highest BCUT2D eigenvalue weighted by atomic mass is 28.3. The Morgan fingerprint density at radius 1 is 0.771 bits per heavy atom. The molecule has 3 aromatic rings. The molecule has 0 spiro atoms. The van der Waals surface area contributed by atoms with Crippen molar-refractivity contribution in [1.82, 2.24) is 0 Å². The van der Waals surface area contributed by atoms with Crippen LogP contribution in [-0.4, -0.2) is 8.07 Å². The molecule has 2 aromatic carbocycles. The molecule has 1 aromatic heterocycles. The molecular formula is C33H44NSi+. The Kier molecular flexibility index (Phi) is 6.15. The van der Waals surface area contributed by atoms with Crippen LogP contribution in [0.5, 0.6) is 0 Å². The minimum absolute atomic E-state index is 0.760. The summed E-state index contributed by atoms with van der Waals surface area (Å²) in [6, 6.07) is 15.1. The lowest BCUT2D eigenvalue weighted by atomic mass is 9.84. The zero-order valence-electron chi connectivity index (χ0n) is 22.5. The summed E-state index contributed by atoms with van der Waals surface area (Å²) in [5.74, 6) is 1.52. The van der Waals surface area contributed by atoms with Crippen molar-refractivity contribution in [2.24, 2.45) is 7.05 Å². The summed E-state index contributed by atoms with van der Waals surface area (Å²) in [4.78, 5) is 0. The van der Waals surface area contributed by atoms with Gasteiger partial charge in [-0.15, -0.1) is 0 Å². The van der Waals surface area contributed by atoms with Crippen molar-refractivity contribution < 1.29 is 4.57 Å². The number of hydrogen-bond acceptors (Lipinski definition) is 0. The van der Waals surface area contributed by atoms with E-state index in [-0.39, 0.29) is 0 Å². The van der Waals surface area contributed by atoms with Gasteiger partial charge in [-0.3, -0.25) is 0 Å². The molecule has 0 unspecified atom stereocenters. The van der Waals surface area contributed by atoms with Crippen molar-refractivity contribution in [2.75, 3.05) is 0 Å². The third kappa shape index (κ3) is 4.10. The third-order valence-corrected chi connectivity index (χ3v) is 14.8. The number of hydrogen-bond donors (Lipinski definition) is 0. The maximum atomic E-state index is 2.64. The number of benzene rings is 2. The van der Waals surface area contributed by atoms with Gasteiger partial charge in [0.1, 0.15) is 7.05 Å². The number of nitrogens with zero attached hydrogens (tertiary/aromatic N) is 1. The van der Waals surface area contributed by atoms with Crippen LogP contribution >= 0.6 is 0 Å². The molecule has 3 aliphatic carbocycles. The van der Waals surface area contributed by atoms with Crippen LogP contribution < -0.4 is 9.75 Å². The zero-order chi connectivity index (χ0) is 24.2. The molecule has 0 bridgehead atoms. The van der Waals surface area contributed by atoms with Gasteiger partial charge in [-0.25, -0.2) is 4.57 Å². The zero-order valence-corrected chi connectivity index (χ0v) is 23.5. The van der Waals surface area contributed by atoms with Crippen molar-refractivity contribution in [3.8, 4) is 11.3 Å². The number of pyridine rings is 1. The maximum absolute atomic E-state index is 2.64. The first-order chi connectivity index (χ1) is 16.9. The van der Waals surface area contributed by atoms with Crippen LogP contribution in [0.3, 0.4) is 0 Å². The second kappa shape index (κ2) is 9.18. The van der Waals surface area contributed by atoms with Gasteiger partial charge in [0.2, 0.25) is 5.69 Å². The minimum atomic E-state index is -1.39. The normalized spacial score (nSPS) is 20.1.